The lowest BCUT2D eigenvalue weighted by atomic mass is 10.1. The first kappa shape index (κ1) is 30.8. The van der Waals surface area contributed by atoms with Gasteiger partial charge in [0.2, 0.25) is 0 Å². The van der Waals surface area contributed by atoms with Gasteiger partial charge in [0.05, 0.1) is 13.2 Å². The van der Waals surface area contributed by atoms with Crippen molar-refractivity contribution in [2.45, 2.75) is 142 Å². The normalized spacial score (nSPS) is 11.6. The smallest absolute Gasteiger partial charge is 0.434 e. The zero-order chi connectivity index (χ0) is 23.4. The molecule has 0 aromatic rings. The van der Waals surface area contributed by atoms with Gasteiger partial charge >= 0.3 is 6.16 Å². The highest BCUT2D eigenvalue weighted by atomic mass is 16.7. The van der Waals surface area contributed by atoms with Crippen molar-refractivity contribution in [2.24, 2.45) is 0 Å². The van der Waals surface area contributed by atoms with Gasteiger partial charge in [0.1, 0.15) is 0 Å². The molecular formula is C29H54O3. The average molecular weight is 451 g/mol. The van der Waals surface area contributed by atoms with E-state index in [0.717, 1.165) is 32.1 Å². The number of hydrogen-bond donors (Lipinski definition) is 0. The lowest BCUT2D eigenvalue weighted by Gasteiger charge is -2.06. The van der Waals surface area contributed by atoms with E-state index in [0.29, 0.717) is 13.2 Å². The van der Waals surface area contributed by atoms with E-state index in [1.54, 1.807) is 0 Å². The van der Waals surface area contributed by atoms with E-state index < -0.39 is 6.16 Å². The van der Waals surface area contributed by atoms with Crippen molar-refractivity contribution in [1.29, 1.82) is 0 Å². The third kappa shape index (κ3) is 26.8. The fourth-order valence-corrected chi connectivity index (χ4v) is 3.68. The Balaban J connectivity index is 3.23. The van der Waals surface area contributed by atoms with Crippen molar-refractivity contribution in [3.8, 4) is 0 Å². The van der Waals surface area contributed by atoms with Gasteiger partial charge in [-0.25, -0.2) is 4.79 Å². The molecule has 0 saturated heterocycles. The molecule has 0 unspecified atom stereocenters. The van der Waals surface area contributed by atoms with Crippen molar-refractivity contribution >= 4 is 6.16 Å². The third-order valence-corrected chi connectivity index (χ3v) is 5.78. The molecule has 0 atom stereocenters. The van der Waals surface area contributed by atoms with Crippen molar-refractivity contribution in [1.82, 2.24) is 0 Å². The Kier molecular flexibility index (Phi) is 26.7. The van der Waals surface area contributed by atoms with Crippen LogP contribution in [0.15, 0.2) is 24.3 Å². The van der Waals surface area contributed by atoms with Gasteiger partial charge in [-0.15, -0.1) is 0 Å². The first-order valence-corrected chi connectivity index (χ1v) is 13.9. The van der Waals surface area contributed by atoms with Crippen LogP contribution in [0.1, 0.15) is 142 Å². The highest BCUT2D eigenvalue weighted by molar-refractivity contribution is 5.59. The van der Waals surface area contributed by atoms with Crippen LogP contribution in [0.2, 0.25) is 0 Å². The van der Waals surface area contributed by atoms with Crippen LogP contribution in [-0.2, 0) is 9.47 Å². The van der Waals surface area contributed by atoms with Crippen molar-refractivity contribution in [3.63, 3.8) is 0 Å². The maximum Gasteiger partial charge on any atom is 0.508 e. The van der Waals surface area contributed by atoms with Gasteiger partial charge in [0.15, 0.2) is 0 Å². The molecule has 0 heterocycles. The number of allylic oxidation sites excluding steroid dienone is 4. The standard InChI is InChI=1S/C29H54O3/c1-3-5-7-9-11-13-14-15-16-17-18-19-20-22-24-26-28-32-29(30)31-27-25-23-21-12-10-8-6-4-2/h11,13,15-16H,3-10,12,14,17-28H2,1-2H3. The quantitative estimate of drug-likeness (QED) is 0.0833. The number of carbonyl (C=O) groups excluding carboxylic acids is 1. The predicted molar refractivity (Wildman–Crippen MR) is 139 cm³/mol. The molecule has 0 saturated carbocycles. The molecule has 188 valence electrons. The summed E-state index contributed by atoms with van der Waals surface area (Å²) < 4.78 is 10.3. The monoisotopic (exact) mass is 450 g/mol. The van der Waals surface area contributed by atoms with Crippen LogP contribution >= 0.6 is 0 Å². The Morgan fingerprint density at radius 2 is 0.875 bits per heavy atom. The molecule has 3 nitrogen and oxygen atoms in total. The average Bonchev–Trinajstić information content (AvgIpc) is 2.80. The van der Waals surface area contributed by atoms with E-state index in [4.69, 9.17) is 9.47 Å². The van der Waals surface area contributed by atoms with Crippen LogP contribution in [0.25, 0.3) is 0 Å². The summed E-state index contributed by atoms with van der Waals surface area (Å²) in [6, 6.07) is 0. The van der Waals surface area contributed by atoms with Gasteiger partial charge in [-0.1, -0.05) is 122 Å². The zero-order valence-corrected chi connectivity index (χ0v) is 21.6. The molecule has 0 N–H and O–H groups in total. The summed E-state index contributed by atoms with van der Waals surface area (Å²) >= 11 is 0. The van der Waals surface area contributed by atoms with Gasteiger partial charge < -0.3 is 9.47 Å². The second-order valence-electron chi connectivity index (χ2n) is 9.01. The van der Waals surface area contributed by atoms with E-state index in [2.05, 4.69) is 38.2 Å². The summed E-state index contributed by atoms with van der Waals surface area (Å²) in [5, 5.41) is 0. The van der Waals surface area contributed by atoms with Crippen LogP contribution in [0, 0.1) is 0 Å². The minimum Gasteiger partial charge on any atom is -0.434 e. The van der Waals surface area contributed by atoms with Gasteiger partial charge in [-0.3, -0.25) is 0 Å². The van der Waals surface area contributed by atoms with Gasteiger partial charge in [-0.2, -0.15) is 0 Å². The van der Waals surface area contributed by atoms with Gasteiger partial charge in [-0.05, 0) is 44.9 Å². The fraction of sp³-hybridized carbons (Fsp3) is 0.828. The van der Waals surface area contributed by atoms with Crippen LogP contribution in [0.5, 0.6) is 0 Å². The molecule has 32 heavy (non-hydrogen) atoms. The molecule has 0 fully saturated rings. The first-order valence-electron chi connectivity index (χ1n) is 13.9. The van der Waals surface area contributed by atoms with Crippen molar-refractivity contribution < 1.29 is 14.3 Å². The Morgan fingerprint density at radius 3 is 1.38 bits per heavy atom. The molecule has 0 bridgehead atoms. The largest absolute Gasteiger partial charge is 0.508 e. The number of unbranched alkanes of at least 4 members (excludes halogenated alkanes) is 16. The van der Waals surface area contributed by atoms with E-state index in [9.17, 15) is 4.79 Å². The Hall–Kier alpha value is -1.25. The van der Waals surface area contributed by atoms with Crippen LogP contribution in [-0.4, -0.2) is 19.4 Å². The summed E-state index contributed by atoms with van der Waals surface area (Å²) in [6.07, 6.45) is 33.3. The summed E-state index contributed by atoms with van der Waals surface area (Å²) in [5.41, 5.74) is 0. The predicted octanol–water partition coefficient (Wildman–Crippen LogP) is 10.1. The molecule has 0 aliphatic heterocycles. The first-order chi connectivity index (χ1) is 15.8. The lowest BCUT2D eigenvalue weighted by Crippen LogP contribution is -2.09. The highest BCUT2D eigenvalue weighted by Crippen LogP contribution is 2.10. The SMILES string of the molecule is CCCCCC=CCC=CCCCCCCCCOC(=O)OCCCCCCCCCC. The molecule has 0 aliphatic carbocycles. The minimum absolute atomic E-state index is 0.490. The van der Waals surface area contributed by atoms with Crippen LogP contribution in [0.3, 0.4) is 0 Å². The summed E-state index contributed by atoms with van der Waals surface area (Å²) in [6.45, 7) is 5.48. The third-order valence-electron chi connectivity index (χ3n) is 5.78. The van der Waals surface area contributed by atoms with Crippen molar-refractivity contribution in [2.75, 3.05) is 13.2 Å². The molecule has 0 amide bonds. The lowest BCUT2D eigenvalue weighted by molar-refractivity contribution is 0.0529. The van der Waals surface area contributed by atoms with Gasteiger partial charge in [0, 0.05) is 0 Å². The number of ether oxygens (including phenoxy) is 2. The summed E-state index contributed by atoms with van der Waals surface area (Å²) in [4.78, 5) is 11.6. The second kappa shape index (κ2) is 27.8. The molecule has 0 spiro atoms. The van der Waals surface area contributed by atoms with E-state index in [-0.39, 0.29) is 0 Å². The fourth-order valence-electron chi connectivity index (χ4n) is 3.68. The molecule has 0 aliphatic rings. The Bertz CT molecular complexity index is 428. The highest BCUT2D eigenvalue weighted by Gasteiger charge is 2.03. The van der Waals surface area contributed by atoms with E-state index in [1.165, 1.54) is 96.3 Å². The maximum absolute atomic E-state index is 11.6. The number of rotatable bonds is 24. The van der Waals surface area contributed by atoms with Crippen LogP contribution < -0.4 is 0 Å². The summed E-state index contributed by atoms with van der Waals surface area (Å²) in [7, 11) is 0. The topological polar surface area (TPSA) is 35.5 Å². The molecule has 0 radical (unpaired) electrons. The van der Waals surface area contributed by atoms with Crippen LogP contribution in [0.4, 0.5) is 4.79 Å². The molecule has 0 aromatic heterocycles. The summed E-state index contributed by atoms with van der Waals surface area (Å²) in [5.74, 6) is 0. The Labute approximate surface area is 200 Å². The molecule has 0 rings (SSSR count). The maximum atomic E-state index is 11.6. The molecular weight excluding hydrogens is 396 g/mol. The Morgan fingerprint density at radius 1 is 0.500 bits per heavy atom. The van der Waals surface area contributed by atoms with Gasteiger partial charge in [0.25, 0.3) is 0 Å². The molecule has 0 aromatic carbocycles. The minimum atomic E-state index is -0.490. The molecule has 3 heteroatoms. The second-order valence-corrected chi connectivity index (χ2v) is 9.01. The van der Waals surface area contributed by atoms with Crippen molar-refractivity contribution in [3.05, 3.63) is 24.3 Å². The van der Waals surface area contributed by atoms with E-state index in [1.807, 2.05) is 0 Å². The van der Waals surface area contributed by atoms with E-state index >= 15 is 0 Å². The zero-order valence-electron chi connectivity index (χ0n) is 21.6. The number of carbonyl (C=O) groups is 1. The number of hydrogen-bond acceptors (Lipinski definition) is 3.